The van der Waals surface area contributed by atoms with Gasteiger partial charge in [-0.05, 0) is 85.6 Å². The summed E-state index contributed by atoms with van der Waals surface area (Å²) in [6.07, 6.45) is -4.38. The van der Waals surface area contributed by atoms with Crippen LogP contribution in [-0.4, -0.2) is 76.2 Å². The number of hydrogen-bond acceptors (Lipinski definition) is 12. The van der Waals surface area contributed by atoms with Gasteiger partial charge in [0.25, 0.3) is 0 Å². The normalized spacial score (nSPS) is 15.0. The molecule has 4 aliphatic rings. The Bertz CT molecular complexity index is 2180. The summed E-state index contributed by atoms with van der Waals surface area (Å²) in [5.41, 5.74) is 4.30. The number of hydrogen-bond donors (Lipinski definition) is 8. The van der Waals surface area contributed by atoms with E-state index in [4.69, 9.17) is 34.8 Å². The zero-order valence-electron chi connectivity index (χ0n) is 31.9. The highest BCUT2D eigenvalue weighted by atomic mass is 79.9. The molecule has 4 heterocycles. The van der Waals surface area contributed by atoms with Crippen molar-refractivity contribution >= 4 is 97.3 Å². The van der Waals surface area contributed by atoms with E-state index in [9.17, 15) is 17.6 Å². The summed E-state index contributed by atoms with van der Waals surface area (Å²) in [7, 11) is 0. The van der Waals surface area contributed by atoms with E-state index in [1.54, 1.807) is 18.2 Å². The van der Waals surface area contributed by atoms with Gasteiger partial charge in [0.2, 0.25) is 0 Å². The molecule has 0 aliphatic carbocycles. The first-order chi connectivity index (χ1) is 28.2. The lowest BCUT2D eigenvalue weighted by Gasteiger charge is -2.12. The van der Waals surface area contributed by atoms with Crippen LogP contribution in [0.25, 0.3) is 0 Å². The van der Waals surface area contributed by atoms with Crippen molar-refractivity contribution in [2.24, 2.45) is 20.0 Å². The quantitative estimate of drug-likeness (QED) is 0.0950. The van der Waals surface area contributed by atoms with Crippen LogP contribution in [-0.2, 0) is 6.18 Å². The van der Waals surface area contributed by atoms with E-state index in [1.807, 2.05) is 31.2 Å². The second kappa shape index (κ2) is 21.9. The average Bonchev–Trinajstić information content (AvgIpc) is 4.05. The van der Waals surface area contributed by atoms with Crippen LogP contribution in [0.2, 0.25) is 15.1 Å². The number of halogens is 8. The van der Waals surface area contributed by atoms with Crippen molar-refractivity contribution in [2.75, 3.05) is 73.6 Å². The molecule has 0 aromatic heterocycles. The fourth-order valence-corrected chi connectivity index (χ4v) is 6.28. The fraction of sp³-hybridized carbons (Fsp3) is 0.282. The van der Waals surface area contributed by atoms with Crippen molar-refractivity contribution in [1.82, 2.24) is 21.3 Å². The standard InChI is InChI=1S/C10H12BrN3.C10H9ClF3N3.C10H12FN3.C9H9Cl2N3/c1-7-8(11)3-2-4-9(7)14-10-12-5-6-13-10;11-7-2-1-6(10(12,13)14)5-8(7)17-9-15-3-4-16-9;1-7-2-3-8(11)6-9(7)14-10-12-4-5-13-10;10-6-1-2-8(7(11)5-6)14-9-12-3-4-13-9/h2-4H,5-6H2,1H3,(H2,12,13,14);1-2,5H,3-4H2,(H2,15,16,17);2-3,6H,4-5H2,1H3,(H2,12,13,14);1-2,5H,3-4H2,(H2,12,13,14). The van der Waals surface area contributed by atoms with E-state index < -0.39 is 11.7 Å². The molecule has 0 unspecified atom stereocenters. The lowest BCUT2D eigenvalue weighted by atomic mass is 10.2. The molecular weight excluding hydrogens is 899 g/mol. The number of nitrogens with zero attached hydrogens (tertiary/aromatic N) is 4. The maximum absolute atomic E-state index is 12.9. The molecule has 8 N–H and O–H groups in total. The Balaban J connectivity index is 0.000000150. The van der Waals surface area contributed by atoms with Crippen LogP contribution in [0.3, 0.4) is 0 Å². The molecule has 8 rings (SSSR count). The summed E-state index contributed by atoms with van der Waals surface area (Å²) in [6, 6.07) is 19.2. The molecule has 4 aromatic carbocycles. The van der Waals surface area contributed by atoms with E-state index >= 15 is 0 Å². The van der Waals surface area contributed by atoms with Crippen molar-refractivity contribution in [1.29, 1.82) is 0 Å². The van der Waals surface area contributed by atoms with Crippen LogP contribution in [0.15, 0.2) is 97.2 Å². The third-order valence-corrected chi connectivity index (χ3v) is 10.1. The molecule has 0 atom stereocenters. The van der Waals surface area contributed by atoms with E-state index in [2.05, 4.69) is 85.4 Å². The highest BCUT2D eigenvalue weighted by Crippen LogP contribution is 2.34. The molecule has 0 bridgehead atoms. The fourth-order valence-electron chi connectivity index (χ4n) is 5.30. The number of aryl methyl sites for hydroxylation is 1. The minimum atomic E-state index is -4.38. The van der Waals surface area contributed by atoms with Gasteiger partial charge in [-0.25, -0.2) is 4.39 Å². The van der Waals surface area contributed by atoms with Gasteiger partial charge in [-0.1, -0.05) is 62.9 Å². The molecule has 20 heteroatoms. The Hall–Kier alpha value is -4.97. The summed E-state index contributed by atoms with van der Waals surface area (Å²) < 4.78 is 51.5. The summed E-state index contributed by atoms with van der Waals surface area (Å²) >= 11 is 21.1. The molecule has 0 radical (unpaired) electrons. The van der Waals surface area contributed by atoms with E-state index in [0.29, 0.717) is 29.1 Å². The first-order valence-corrected chi connectivity index (χ1v) is 20.2. The number of anilines is 4. The van der Waals surface area contributed by atoms with Gasteiger partial charge in [-0.3, -0.25) is 20.0 Å². The van der Waals surface area contributed by atoms with Gasteiger partial charge in [0.15, 0.2) is 23.8 Å². The van der Waals surface area contributed by atoms with Crippen LogP contribution in [0.4, 0.5) is 40.3 Å². The molecule has 12 nitrogen and oxygen atoms in total. The molecule has 0 fully saturated rings. The van der Waals surface area contributed by atoms with E-state index in [-0.39, 0.29) is 16.5 Å². The van der Waals surface area contributed by atoms with Gasteiger partial charge in [0.05, 0.1) is 53.2 Å². The first-order valence-electron chi connectivity index (χ1n) is 18.3. The molecule has 4 aromatic rings. The third kappa shape index (κ3) is 14.4. The summed E-state index contributed by atoms with van der Waals surface area (Å²) in [5.74, 6) is 2.54. The van der Waals surface area contributed by atoms with Gasteiger partial charge < -0.3 is 42.5 Å². The minimum absolute atomic E-state index is 0.189. The molecule has 0 spiro atoms. The molecule has 59 heavy (non-hydrogen) atoms. The first kappa shape index (κ1) is 45.1. The van der Waals surface area contributed by atoms with Gasteiger partial charge in [-0.15, -0.1) is 0 Å². The monoisotopic (exact) mass is 938 g/mol. The third-order valence-electron chi connectivity index (χ3n) is 8.40. The van der Waals surface area contributed by atoms with Crippen LogP contribution in [0.1, 0.15) is 16.7 Å². The van der Waals surface area contributed by atoms with Crippen LogP contribution in [0, 0.1) is 19.7 Å². The zero-order chi connectivity index (χ0) is 42.4. The molecule has 0 saturated carbocycles. The largest absolute Gasteiger partial charge is 0.416 e. The highest BCUT2D eigenvalue weighted by molar-refractivity contribution is 9.10. The van der Waals surface area contributed by atoms with Crippen LogP contribution >= 0.6 is 50.7 Å². The van der Waals surface area contributed by atoms with Crippen LogP contribution < -0.4 is 42.5 Å². The maximum atomic E-state index is 12.9. The Labute approximate surface area is 362 Å². The zero-order valence-corrected chi connectivity index (χ0v) is 35.8. The summed E-state index contributed by atoms with van der Waals surface area (Å²) in [6.45, 7) is 10.3. The molecular formula is C39H42BrCl3F4N12. The number of benzene rings is 4. The summed E-state index contributed by atoms with van der Waals surface area (Å²) in [5, 5.41) is 25.8. The van der Waals surface area contributed by atoms with Gasteiger partial charge in [-0.2, -0.15) is 13.2 Å². The van der Waals surface area contributed by atoms with Crippen molar-refractivity contribution in [3.63, 3.8) is 0 Å². The molecule has 0 saturated heterocycles. The minimum Gasteiger partial charge on any atom is -0.354 e. The maximum Gasteiger partial charge on any atom is 0.416 e. The molecule has 0 amide bonds. The highest BCUT2D eigenvalue weighted by Gasteiger charge is 2.31. The van der Waals surface area contributed by atoms with Gasteiger partial charge in [0.1, 0.15) is 5.82 Å². The van der Waals surface area contributed by atoms with Gasteiger partial charge in [0, 0.05) is 47.0 Å². The van der Waals surface area contributed by atoms with E-state index in [1.165, 1.54) is 23.8 Å². The summed E-state index contributed by atoms with van der Waals surface area (Å²) in [4.78, 5) is 16.7. The van der Waals surface area contributed by atoms with Crippen molar-refractivity contribution in [2.45, 2.75) is 20.0 Å². The van der Waals surface area contributed by atoms with Crippen LogP contribution in [0.5, 0.6) is 0 Å². The topological polar surface area (TPSA) is 146 Å². The number of rotatable bonds is 4. The lowest BCUT2D eigenvalue weighted by molar-refractivity contribution is -0.137. The predicted octanol–water partition coefficient (Wildman–Crippen LogP) is 8.73. The number of guanidine groups is 4. The number of aliphatic imine (C=N–C) groups is 4. The van der Waals surface area contributed by atoms with Gasteiger partial charge >= 0.3 is 6.18 Å². The van der Waals surface area contributed by atoms with Crippen molar-refractivity contribution < 1.29 is 17.6 Å². The Morgan fingerprint density at radius 1 is 0.576 bits per heavy atom. The number of nitrogens with one attached hydrogen (secondary N) is 8. The Kier molecular flexibility index (Phi) is 16.7. The molecule has 4 aliphatic heterocycles. The predicted molar refractivity (Wildman–Crippen MR) is 239 cm³/mol. The Morgan fingerprint density at radius 2 is 1.10 bits per heavy atom. The second-order valence-electron chi connectivity index (χ2n) is 12.8. The smallest absolute Gasteiger partial charge is 0.354 e. The Morgan fingerprint density at radius 3 is 1.61 bits per heavy atom. The second-order valence-corrected chi connectivity index (χ2v) is 14.9. The van der Waals surface area contributed by atoms with E-state index in [0.717, 1.165) is 96.4 Å². The van der Waals surface area contributed by atoms with Crippen molar-refractivity contribution in [3.8, 4) is 0 Å². The lowest BCUT2D eigenvalue weighted by Crippen LogP contribution is -2.26. The average molecular weight is 941 g/mol. The van der Waals surface area contributed by atoms with Crippen molar-refractivity contribution in [3.05, 3.63) is 115 Å². The SMILES string of the molecule is Cc1c(Br)cccc1NC1=NCCN1.Cc1ccc(F)cc1NC1=NCCN1.Clc1ccc(NC2=NCCN2)c(Cl)c1.FC(F)(F)c1ccc(Cl)c(NC2=NCCN2)c1. The molecule has 314 valence electrons. The number of alkyl halides is 3.